The number of aliphatic imine (C=N–C) groups is 1. The first kappa shape index (κ1) is 7.71. The van der Waals surface area contributed by atoms with Crippen LogP contribution in [-0.4, -0.2) is 31.5 Å². The Morgan fingerprint density at radius 2 is 2.55 bits per heavy atom. The lowest BCUT2D eigenvalue weighted by Gasteiger charge is -1.96. The Kier molecular flexibility index (Phi) is 2.20. The first-order chi connectivity index (χ1) is 5.22. The van der Waals surface area contributed by atoms with Crippen molar-refractivity contribution >= 4 is 17.8 Å². The Morgan fingerprint density at radius 1 is 1.82 bits per heavy atom. The minimum absolute atomic E-state index is 0.00628. The second kappa shape index (κ2) is 3.14. The van der Waals surface area contributed by atoms with Gasteiger partial charge >= 0.3 is 11.9 Å². The van der Waals surface area contributed by atoms with E-state index < -0.39 is 11.9 Å². The molecule has 1 aliphatic heterocycles. The van der Waals surface area contributed by atoms with Crippen molar-refractivity contribution in [3.63, 3.8) is 0 Å². The van der Waals surface area contributed by atoms with Crippen LogP contribution < -0.4 is 0 Å². The molecule has 0 N–H and O–H groups in total. The molecule has 1 aliphatic rings. The minimum atomic E-state index is -0.460. The summed E-state index contributed by atoms with van der Waals surface area (Å²) < 4.78 is 8.88. The maximum Gasteiger partial charge on any atom is 0.334 e. The van der Waals surface area contributed by atoms with Gasteiger partial charge in [0.1, 0.15) is 13.0 Å². The van der Waals surface area contributed by atoms with Gasteiger partial charge in [0.15, 0.2) is 0 Å². The van der Waals surface area contributed by atoms with E-state index >= 15 is 0 Å². The van der Waals surface area contributed by atoms with E-state index in [1.807, 2.05) is 0 Å². The van der Waals surface area contributed by atoms with Gasteiger partial charge in [-0.1, -0.05) is 0 Å². The molecule has 0 saturated heterocycles. The summed E-state index contributed by atoms with van der Waals surface area (Å²) in [6.07, 6.45) is -0.0672. The zero-order valence-electron chi connectivity index (χ0n) is 5.99. The van der Waals surface area contributed by atoms with E-state index in [-0.39, 0.29) is 18.9 Å². The molecule has 0 radical (unpaired) electrons. The second-order valence-electron chi connectivity index (χ2n) is 1.94. The first-order valence-electron chi connectivity index (χ1n) is 3.03. The average Bonchev–Trinajstić information content (AvgIpc) is 2.35. The maximum absolute atomic E-state index is 10.6. The maximum atomic E-state index is 10.6. The smallest absolute Gasteiger partial charge is 0.334 e. The van der Waals surface area contributed by atoms with Crippen LogP contribution in [0.5, 0.6) is 0 Å². The number of methoxy groups -OCH3 is 1. The van der Waals surface area contributed by atoms with E-state index in [1.54, 1.807) is 0 Å². The Bertz CT molecular complexity index is 221. The predicted molar refractivity (Wildman–Crippen MR) is 35.0 cm³/mol. The van der Waals surface area contributed by atoms with Crippen molar-refractivity contribution in [3.8, 4) is 0 Å². The highest BCUT2D eigenvalue weighted by atomic mass is 16.6. The summed E-state index contributed by atoms with van der Waals surface area (Å²) in [5.41, 5.74) is 0. The summed E-state index contributed by atoms with van der Waals surface area (Å²) in [6, 6.07) is 0. The van der Waals surface area contributed by atoms with Crippen LogP contribution in [0, 0.1) is 0 Å². The quantitative estimate of drug-likeness (QED) is 0.507. The van der Waals surface area contributed by atoms with Gasteiger partial charge in [0.2, 0.25) is 5.90 Å². The predicted octanol–water partition coefficient (Wildman–Crippen LogP) is -0.495. The number of nitrogens with zero attached hydrogens (tertiary/aromatic N) is 1. The number of carbonyl (C=O) groups excluding carboxylic acids is 2. The molecule has 1 rings (SSSR count). The Hall–Kier alpha value is -1.39. The molecule has 0 fully saturated rings. The van der Waals surface area contributed by atoms with E-state index in [2.05, 4.69) is 14.5 Å². The highest BCUT2D eigenvalue weighted by molar-refractivity contribution is 6.02. The van der Waals surface area contributed by atoms with E-state index in [9.17, 15) is 9.59 Å². The van der Waals surface area contributed by atoms with E-state index in [4.69, 9.17) is 0 Å². The Morgan fingerprint density at radius 3 is 3.00 bits per heavy atom. The zero-order chi connectivity index (χ0) is 8.27. The number of cyclic esters (lactones) is 1. The second-order valence-corrected chi connectivity index (χ2v) is 1.94. The third kappa shape index (κ3) is 2.03. The largest absolute Gasteiger partial charge is 0.469 e. The highest BCUT2D eigenvalue weighted by Crippen LogP contribution is 2.00. The fraction of sp³-hybridized carbons (Fsp3) is 0.500. The summed E-state index contributed by atoms with van der Waals surface area (Å²) in [5.74, 6) is -0.746. The van der Waals surface area contributed by atoms with Crippen molar-refractivity contribution in [3.05, 3.63) is 0 Å². The summed E-state index contributed by atoms with van der Waals surface area (Å²) >= 11 is 0. The van der Waals surface area contributed by atoms with Crippen LogP contribution in [0.1, 0.15) is 6.42 Å². The van der Waals surface area contributed by atoms with Crippen molar-refractivity contribution in [1.29, 1.82) is 0 Å². The van der Waals surface area contributed by atoms with Crippen molar-refractivity contribution < 1.29 is 19.1 Å². The van der Waals surface area contributed by atoms with Gasteiger partial charge in [-0.15, -0.1) is 0 Å². The van der Waals surface area contributed by atoms with Crippen molar-refractivity contribution in [1.82, 2.24) is 0 Å². The molecule has 0 amide bonds. The monoisotopic (exact) mass is 157 g/mol. The number of ether oxygens (including phenoxy) is 2. The van der Waals surface area contributed by atoms with Gasteiger partial charge in [-0.3, -0.25) is 4.79 Å². The first-order valence-corrected chi connectivity index (χ1v) is 3.03. The molecular formula is C6H7NO4. The lowest BCUT2D eigenvalue weighted by Crippen LogP contribution is -2.11. The number of rotatable bonds is 2. The molecule has 0 aliphatic carbocycles. The fourth-order valence-electron chi connectivity index (χ4n) is 0.636. The molecular weight excluding hydrogens is 150 g/mol. The molecule has 0 spiro atoms. The average molecular weight is 157 g/mol. The van der Waals surface area contributed by atoms with Crippen LogP contribution in [-0.2, 0) is 19.1 Å². The summed E-state index contributed by atoms with van der Waals surface area (Å²) in [7, 11) is 1.26. The van der Waals surface area contributed by atoms with Gasteiger partial charge in [-0.25, -0.2) is 9.79 Å². The van der Waals surface area contributed by atoms with Gasteiger partial charge in [-0.2, -0.15) is 0 Å². The van der Waals surface area contributed by atoms with Crippen LogP contribution in [0.25, 0.3) is 0 Å². The van der Waals surface area contributed by atoms with Crippen molar-refractivity contribution in [2.45, 2.75) is 6.42 Å². The summed E-state index contributed by atoms with van der Waals surface area (Å²) in [6.45, 7) is 0.00628. The Labute approximate surface area is 63.0 Å². The molecule has 0 aromatic rings. The third-order valence-corrected chi connectivity index (χ3v) is 1.14. The van der Waals surface area contributed by atoms with E-state index in [0.717, 1.165) is 0 Å². The van der Waals surface area contributed by atoms with Crippen LogP contribution >= 0.6 is 0 Å². The van der Waals surface area contributed by atoms with Crippen LogP contribution in [0.3, 0.4) is 0 Å². The molecule has 5 nitrogen and oxygen atoms in total. The normalized spacial score (nSPS) is 15.7. The van der Waals surface area contributed by atoms with E-state index in [1.165, 1.54) is 7.11 Å². The summed E-state index contributed by atoms with van der Waals surface area (Å²) in [4.78, 5) is 24.7. The standard InChI is InChI=1S/C6H7NO4/c1-10-5(8)2-4-7-3-6(9)11-4/h2-3H2,1H3. The molecule has 5 heteroatoms. The molecule has 0 atom stereocenters. The minimum Gasteiger partial charge on any atom is -0.469 e. The van der Waals surface area contributed by atoms with Gasteiger partial charge in [-0.05, 0) is 0 Å². The third-order valence-electron chi connectivity index (χ3n) is 1.14. The molecule has 0 bridgehead atoms. The zero-order valence-corrected chi connectivity index (χ0v) is 5.99. The molecule has 60 valence electrons. The topological polar surface area (TPSA) is 65.0 Å². The van der Waals surface area contributed by atoms with Gasteiger partial charge < -0.3 is 9.47 Å². The van der Waals surface area contributed by atoms with Gasteiger partial charge in [0.05, 0.1) is 7.11 Å². The van der Waals surface area contributed by atoms with Gasteiger partial charge in [0, 0.05) is 0 Å². The molecule has 1 heterocycles. The molecule has 0 aromatic carbocycles. The summed E-state index contributed by atoms with van der Waals surface area (Å²) in [5, 5.41) is 0. The molecule has 0 aromatic heterocycles. The number of hydrogen-bond donors (Lipinski definition) is 0. The number of carbonyl (C=O) groups is 2. The lowest BCUT2D eigenvalue weighted by atomic mass is 10.4. The molecule has 11 heavy (non-hydrogen) atoms. The Balaban J connectivity index is 2.39. The van der Waals surface area contributed by atoms with Crippen LogP contribution in [0.4, 0.5) is 0 Å². The highest BCUT2D eigenvalue weighted by Gasteiger charge is 2.18. The van der Waals surface area contributed by atoms with Gasteiger partial charge in [0.25, 0.3) is 0 Å². The number of esters is 2. The van der Waals surface area contributed by atoms with Crippen LogP contribution in [0.15, 0.2) is 4.99 Å². The van der Waals surface area contributed by atoms with Crippen LogP contribution in [0.2, 0.25) is 0 Å². The van der Waals surface area contributed by atoms with Crippen molar-refractivity contribution in [2.75, 3.05) is 13.7 Å². The lowest BCUT2D eigenvalue weighted by molar-refractivity contribution is -0.139. The van der Waals surface area contributed by atoms with Crippen molar-refractivity contribution in [2.24, 2.45) is 4.99 Å². The number of hydrogen-bond acceptors (Lipinski definition) is 5. The fourth-order valence-corrected chi connectivity index (χ4v) is 0.636. The van der Waals surface area contributed by atoms with E-state index in [0.29, 0.717) is 0 Å². The SMILES string of the molecule is COC(=O)CC1=NCC(=O)O1. The molecule has 0 saturated carbocycles. The molecule has 0 unspecified atom stereocenters.